The SMILES string of the molecule is CC(C)/C=C/C(=O)N1CCC[C@H]1C(=O)O.CC(C)/C=C/C(=O)N1C[C@H](O)CC1C(=O)O.CC(C)CCS(C)(=O)=O.CC(C)CS(=O)C1=NN=CC1.Cc1ccc(S(=O)(=O)CCC(C)C)cc1.O. The summed E-state index contributed by atoms with van der Waals surface area (Å²) in [5.74, 6) is 0.664. The predicted octanol–water partition coefficient (Wildman–Crippen LogP) is 5.77. The molecule has 0 saturated carbocycles. The summed E-state index contributed by atoms with van der Waals surface area (Å²) in [4.78, 5) is 48.1. The van der Waals surface area contributed by atoms with Crippen molar-refractivity contribution in [3.05, 3.63) is 54.1 Å². The minimum absolute atomic E-state index is 0. The summed E-state index contributed by atoms with van der Waals surface area (Å²) in [7, 11) is -6.69. The lowest BCUT2D eigenvalue weighted by molar-refractivity contribution is -0.146. The van der Waals surface area contributed by atoms with Crippen LogP contribution >= 0.6 is 0 Å². The number of aliphatic carboxylic acids is 2. The molecule has 0 aromatic heterocycles. The molecule has 2 fully saturated rings. The fourth-order valence-corrected chi connectivity index (χ4v) is 9.49. The fraction of sp³-hybridized carbons (Fsp3) is 0.660. The third-order valence-corrected chi connectivity index (χ3v) is 14.1. The van der Waals surface area contributed by atoms with E-state index in [0.29, 0.717) is 59.5 Å². The molecular weight excluding hydrogens is 925 g/mol. The number of rotatable bonds is 15. The summed E-state index contributed by atoms with van der Waals surface area (Å²) in [5.41, 5.74) is 1.08. The number of aliphatic hydroxyl groups is 1. The van der Waals surface area contributed by atoms with Crippen LogP contribution in [-0.4, -0.2) is 141 Å². The Kier molecular flexibility index (Phi) is 31.6. The molecule has 0 spiro atoms. The van der Waals surface area contributed by atoms with Crippen LogP contribution in [0.25, 0.3) is 0 Å². The van der Waals surface area contributed by atoms with Gasteiger partial charge in [0.1, 0.15) is 27.0 Å². The monoisotopic (exact) mass is 1000 g/mol. The van der Waals surface area contributed by atoms with Crippen LogP contribution in [-0.2, 0) is 49.7 Å². The van der Waals surface area contributed by atoms with Crippen LogP contribution in [0.5, 0.6) is 0 Å². The molecule has 5 N–H and O–H groups in total. The molecule has 2 amide bonds. The van der Waals surface area contributed by atoms with E-state index in [0.717, 1.165) is 29.9 Å². The van der Waals surface area contributed by atoms with Crippen LogP contribution in [0.4, 0.5) is 0 Å². The zero-order chi connectivity index (χ0) is 50.9. The van der Waals surface area contributed by atoms with Crippen molar-refractivity contribution in [2.75, 3.05) is 36.6 Å². The Morgan fingerprint density at radius 3 is 1.67 bits per heavy atom. The highest BCUT2D eigenvalue weighted by Crippen LogP contribution is 2.20. The molecule has 67 heavy (non-hydrogen) atoms. The number of amides is 2. The molecule has 3 heterocycles. The minimum Gasteiger partial charge on any atom is -0.480 e. The van der Waals surface area contributed by atoms with Crippen LogP contribution in [0.3, 0.4) is 0 Å². The average molecular weight is 1010 g/mol. The minimum atomic E-state index is -3.07. The van der Waals surface area contributed by atoms with Gasteiger partial charge in [0.25, 0.3) is 0 Å². The van der Waals surface area contributed by atoms with Crippen LogP contribution in [0.15, 0.2) is 63.7 Å². The van der Waals surface area contributed by atoms with Crippen molar-refractivity contribution in [3.63, 3.8) is 0 Å². The van der Waals surface area contributed by atoms with Gasteiger partial charge >= 0.3 is 11.9 Å². The summed E-state index contributed by atoms with van der Waals surface area (Å²) in [5, 5.41) is 35.3. The molecular formula is C47H80N4O13S3. The Morgan fingerprint density at radius 1 is 0.776 bits per heavy atom. The van der Waals surface area contributed by atoms with Gasteiger partial charge in [0.05, 0.1) is 33.3 Å². The molecule has 0 radical (unpaired) electrons. The van der Waals surface area contributed by atoms with Gasteiger partial charge in [-0.25, -0.2) is 26.4 Å². The Hall–Kier alpha value is -4.11. The van der Waals surface area contributed by atoms with E-state index in [-0.39, 0.29) is 41.9 Å². The second-order valence-electron chi connectivity index (χ2n) is 18.5. The Balaban J connectivity index is 0. The molecule has 1 aromatic rings. The van der Waals surface area contributed by atoms with Gasteiger partial charge < -0.3 is 30.6 Å². The number of carboxylic acid groups (broad SMARTS) is 2. The number of hydrogen-bond acceptors (Lipinski definition) is 12. The van der Waals surface area contributed by atoms with Crippen molar-refractivity contribution in [2.24, 2.45) is 39.8 Å². The third-order valence-electron chi connectivity index (χ3n) is 9.59. The van der Waals surface area contributed by atoms with E-state index in [1.54, 1.807) is 30.5 Å². The maximum atomic E-state index is 11.8. The summed E-state index contributed by atoms with van der Waals surface area (Å²) in [6.45, 7) is 22.6. The third kappa shape index (κ3) is 29.4. The molecule has 0 bridgehead atoms. The second-order valence-corrected chi connectivity index (χ2v) is 24.4. The molecule has 1 aromatic carbocycles. The highest BCUT2D eigenvalue weighted by atomic mass is 32.2. The van der Waals surface area contributed by atoms with Crippen LogP contribution in [0.1, 0.15) is 113 Å². The van der Waals surface area contributed by atoms with Crippen molar-refractivity contribution in [2.45, 2.75) is 138 Å². The lowest BCUT2D eigenvalue weighted by Crippen LogP contribution is -2.39. The number of nitrogens with zero attached hydrogens (tertiary/aromatic N) is 4. The molecule has 20 heteroatoms. The van der Waals surface area contributed by atoms with E-state index >= 15 is 0 Å². The van der Waals surface area contributed by atoms with Crippen LogP contribution < -0.4 is 0 Å². The summed E-state index contributed by atoms with van der Waals surface area (Å²) in [6, 6.07) is 5.51. The number of aryl methyl sites for hydroxylation is 1. The Labute approximate surface area is 402 Å². The number of carbonyl (C=O) groups is 4. The van der Waals surface area contributed by atoms with Crippen molar-refractivity contribution in [3.8, 4) is 0 Å². The zero-order valence-corrected chi connectivity index (χ0v) is 44.1. The predicted molar refractivity (Wildman–Crippen MR) is 268 cm³/mol. The van der Waals surface area contributed by atoms with E-state index < -0.39 is 60.6 Å². The van der Waals surface area contributed by atoms with Gasteiger partial charge in [0, 0.05) is 44.2 Å². The number of aliphatic hydroxyl groups excluding tert-OH is 1. The number of carbonyl (C=O) groups excluding carboxylic acids is 2. The Bertz CT molecular complexity index is 2050. The van der Waals surface area contributed by atoms with Crippen molar-refractivity contribution in [1.29, 1.82) is 0 Å². The van der Waals surface area contributed by atoms with Gasteiger partial charge in [-0.3, -0.25) is 13.8 Å². The maximum absolute atomic E-state index is 11.8. The molecule has 3 aliphatic heterocycles. The van der Waals surface area contributed by atoms with Gasteiger partial charge in [-0.2, -0.15) is 5.10 Å². The van der Waals surface area contributed by atoms with Crippen molar-refractivity contribution >= 4 is 65.5 Å². The first kappa shape index (κ1) is 65.0. The van der Waals surface area contributed by atoms with Gasteiger partial charge in [-0.1, -0.05) is 99.1 Å². The number of hydrogen-bond donors (Lipinski definition) is 3. The molecule has 4 atom stereocenters. The standard InChI is InChI=1S/C12H18O2S.C11H17NO4.C11H17NO3.C7H12N2OS.C6H14O2S.H2O/c1-10(2)8-9-15(13,14)12-6-4-11(3)5-7-12;1-7(2)3-4-10(14)12-6-8(13)5-9(12)11(15)16;1-8(2)5-6-10(13)12-7-3-4-9(12)11(14)15;1-6(2)5-11(10)7-3-4-8-9-7;1-6(2)4-5-9(3,7)8;/h4-7,10H,8-9H2,1-3H3;3-4,7-9,13H,5-6H2,1-2H3,(H,15,16);5-6,8-9H,3-4,7H2,1-2H3,(H,14,15);4,6H,3,5H2,1-2H3;6H,4-5H2,1-3H3;1H2/b;4-3+;6-5+;;;/t;8-,9?;9-;;;/m.10.../s1. The van der Waals surface area contributed by atoms with Crippen LogP contribution in [0.2, 0.25) is 0 Å². The van der Waals surface area contributed by atoms with Gasteiger partial charge in [0.15, 0.2) is 9.84 Å². The number of allylic oxidation sites excluding steroid dienone is 2. The second kappa shape index (κ2) is 32.6. The molecule has 3 aliphatic rings. The number of benzene rings is 1. The lowest BCUT2D eigenvalue weighted by Gasteiger charge is -2.19. The number of sulfone groups is 2. The molecule has 2 saturated heterocycles. The first-order valence-electron chi connectivity index (χ1n) is 22.5. The molecule has 2 unspecified atom stereocenters. The smallest absolute Gasteiger partial charge is 0.326 e. The molecule has 0 aliphatic carbocycles. The summed E-state index contributed by atoms with van der Waals surface area (Å²) >= 11 is 0. The van der Waals surface area contributed by atoms with E-state index in [9.17, 15) is 45.3 Å². The Morgan fingerprint density at radius 2 is 1.27 bits per heavy atom. The first-order chi connectivity index (χ1) is 30.5. The zero-order valence-electron chi connectivity index (χ0n) is 41.6. The first-order valence-corrected chi connectivity index (χ1v) is 27.5. The molecule has 17 nitrogen and oxygen atoms in total. The largest absolute Gasteiger partial charge is 0.480 e. The van der Waals surface area contributed by atoms with Gasteiger partial charge in [0.2, 0.25) is 11.8 Å². The van der Waals surface area contributed by atoms with E-state index in [4.69, 9.17) is 10.2 Å². The highest BCUT2D eigenvalue weighted by molar-refractivity contribution is 8.00. The molecule has 384 valence electrons. The maximum Gasteiger partial charge on any atom is 0.326 e. The van der Waals surface area contributed by atoms with Crippen LogP contribution in [0, 0.1) is 36.5 Å². The van der Waals surface area contributed by atoms with Gasteiger partial charge in [-0.05, 0) is 86.5 Å². The summed E-state index contributed by atoms with van der Waals surface area (Å²) in [6.07, 6.45) is 12.2. The molecule has 4 rings (SSSR count). The van der Waals surface area contributed by atoms with E-state index in [2.05, 4.69) is 10.2 Å². The van der Waals surface area contributed by atoms with Crippen molar-refractivity contribution < 1.29 is 61.0 Å². The lowest BCUT2D eigenvalue weighted by atomic mass is 10.2. The number of β-amino-alcohol motifs (C(OH)–C–C–N with tert-alkyl or cyclic N) is 1. The quantitative estimate of drug-likeness (QED) is 0.177. The van der Waals surface area contributed by atoms with E-state index in [1.807, 2.05) is 88.3 Å². The highest BCUT2D eigenvalue weighted by Gasteiger charge is 2.38. The van der Waals surface area contributed by atoms with Crippen molar-refractivity contribution in [1.82, 2.24) is 9.80 Å². The number of carboxylic acids is 2. The van der Waals surface area contributed by atoms with E-state index in [1.165, 1.54) is 28.2 Å². The number of likely N-dealkylation sites (tertiary alicyclic amines) is 2. The normalized spacial score (nSPS) is 18.4. The average Bonchev–Trinajstić information content (AvgIpc) is 4.01. The van der Waals surface area contributed by atoms with Gasteiger partial charge in [-0.15, -0.1) is 5.10 Å². The summed E-state index contributed by atoms with van der Waals surface area (Å²) < 4.78 is 56.1. The fourth-order valence-electron chi connectivity index (χ4n) is 5.83. The topological polar surface area (TPSA) is 277 Å².